The molecule has 1 aromatic rings. The molecule has 0 atom stereocenters. The van der Waals surface area contributed by atoms with Gasteiger partial charge in [0.2, 0.25) is 0 Å². The van der Waals surface area contributed by atoms with Crippen molar-refractivity contribution in [2.75, 3.05) is 6.61 Å². The molecule has 0 unspecified atom stereocenters. The van der Waals surface area contributed by atoms with Crippen LogP contribution in [0.25, 0.3) is 0 Å². The van der Waals surface area contributed by atoms with Gasteiger partial charge < -0.3 is 4.74 Å². The maximum absolute atomic E-state index is 12.5. The van der Waals surface area contributed by atoms with Gasteiger partial charge in [-0.1, -0.05) is 17.7 Å². The molecule has 0 saturated heterocycles. The second-order valence-corrected chi connectivity index (χ2v) is 5.01. The lowest BCUT2D eigenvalue weighted by Gasteiger charge is -2.13. The van der Waals surface area contributed by atoms with Gasteiger partial charge in [-0.25, -0.2) is 0 Å². The zero-order valence-electron chi connectivity index (χ0n) is 10.3. The molecule has 0 aliphatic heterocycles. The molecule has 1 aromatic carbocycles. The maximum Gasteiger partial charge on any atom is 0.446 e. The predicted octanol–water partition coefficient (Wildman–Crippen LogP) is 3.93. The summed E-state index contributed by atoms with van der Waals surface area (Å²) in [6.07, 6.45) is -0.336. The monoisotopic (exact) mass is 323 g/mol. The van der Waals surface area contributed by atoms with E-state index < -0.39 is 23.2 Å². The molecule has 0 aliphatic carbocycles. The zero-order chi connectivity index (χ0) is 15.3. The van der Waals surface area contributed by atoms with E-state index in [4.69, 9.17) is 16.9 Å². The summed E-state index contributed by atoms with van der Waals surface area (Å²) < 4.78 is 42.3. The first kappa shape index (κ1) is 16.7. The third-order valence-electron chi connectivity index (χ3n) is 2.16. The smallest absolute Gasteiger partial charge is 0.446 e. The van der Waals surface area contributed by atoms with E-state index in [0.29, 0.717) is 0 Å². The Balaban J connectivity index is 3.20. The average Bonchev–Trinajstić information content (AvgIpc) is 2.33. The number of alkyl halides is 3. The lowest BCUT2D eigenvalue weighted by molar-refractivity contribution is -0.142. The molecule has 0 heterocycles. The number of benzene rings is 1. The highest BCUT2D eigenvalue weighted by atomic mass is 35.5. The van der Waals surface area contributed by atoms with Crippen LogP contribution in [0.2, 0.25) is 5.02 Å². The van der Waals surface area contributed by atoms with Crippen LogP contribution in [-0.4, -0.2) is 18.1 Å². The van der Waals surface area contributed by atoms with Crippen molar-refractivity contribution in [3.8, 4) is 6.07 Å². The van der Waals surface area contributed by atoms with Crippen LogP contribution in [0, 0.1) is 11.3 Å². The molecule has 0 bridgehead atoms. The predicted molar refractivity (Wildman–Crippen MR) is 68.4 cm³/mol. The van der Waals surface area contributed by atoms with E-state index in [1.54, 1.807) is 13.0 Å². The molecule has 8 heteroatoms. The third-order valence-corrected chi connectivity index (χ3v) is 3.56. The van der Waals surface area contributed by atoms with Gasteiger partial charge in [-0.2, -0.15) is 18.4 Å². The van der Waals surface area contributed by atoms with Gasteiger partial charge >= 0.3 is 11.5 Å². The van der Waals surface area contributed by atoms with Crippen LogP contribution in [0.15, 0.2) is 17.0 Å². The number of rotatable bonds is 4. The van der Waals surface area contributed by atoms with Crippen LogP contribution in [0.3, 0.4) is 0 Å². The van der Waals surface area contributed by atoms with Gasteiger partial charge in [0, 0.05) is 4.90 Å². The number of esters is 1. The number of thioether (sulfide) groups is 1. The summed E-state index contributed by atoms with van der Waals surface area (Å²) in [6.45, 7) is 1.72. The van der Waals surface area contributed by atoms with Gasteiger partial charge in [0.1, 0.15) is 6.07 Å². The van der Waals surface area contributed by atoms with Crippen LogP contribution >= 0.6 is 23.4 Å². The number of ether oxygens (including phenoxy) is 1. The molecule has 0 amide bonds. The first-order valence-corrected chi connectivity index (χ1v) is 6.60. The summed E-state index contributed by atoms with van der Waals surface area (Å²) >= 11 is 5.34. The van der Waals surface area contributed by atoms with Crippen molar-refractivity contribution in [3.05, 3.63) is 28.3 Å². The standard InChI is InChI=1S/C12H9ClF3NO2S/c1-2-19-9(18)5-7-3-4-8(6-17)10(13)11(7)20-12(14,15)16/h3-4H,2,5H2,1H3. The molecule has 3 nitrogen and oxygen atoms in total. The van der Waals surface area contributed by atoms with Gasteiger partial charge in [0.15, 0.2) is 0 Å². The number of halogens is 4. The van der Waals surface area contributed by atoms with Gasteiger partial charge in [0.05, 0.1) is 23.6 Å². The van der Waals surface area contributed by atoms with Crippen molar-refractivity contribution in [3.63, 3.8) is 0 Å². The van der Waals surface area contributed by atoms with Crippen molar-refractivity contribution in [1.82, 2.24) is 0 Å². The first-order chi connectivity index (χ1) is 9.28. The third kappa shape index (κ3) is 4.62. The first-order valence-electron chi connectivity index (χ1n) is 5.41. The molecule has 0 aromatic heterocycles. The Bertz CT molecular complexity index is 555. The minimum absolute atomic E-state index is 0.0778. The summed E-state index contributed by atoms with van der Waals surface area (Å²) in [5.41, 5.74) is -4.57. The fraction of sp³-hybridized carbons (Fsp3) is 0.333. The highest BCUT2D eigenvalue weighted by Gasteiger charge is 2.32. The molecule has 108 valence electrons. The average molecular weight is 324 g/mol. The fourth-order valence-electron chi connectivity index (χ4n) is 1.42. The topological polar surface area (TPSA) is 50.1 Å². The van der Waals surface area contributed by atoms with Gasteiger partial charge in [0.25, 0.3) is 0 Å². The van der Waals surface area contributed by atoms with Crippen LogP contribution in [0.1, 0.15) is 18.1 Å². The molecule has 0 saturated carbocycles. The Kier molecular flexibility index (Phi) is 5.72. The van der Waals surface area contributed by atoms with Gasteiger partial charge in [-0.05, 0) is 30.3 Å². The van der Waals surface area contributed by atoms with Crippen molar-refractivity contribution in [1.29, 1.82) is 5.26 Å². The van der Waals surface area contributed by atoms with E-state index in [1.807, 2.05) is 0 Å². The molecule has 0 radical (unpaired) electrons. The number of carbonyl (C=O) groups is 1. The molecular formula is C12H9ClF3NO2S. The SMILES string of the molecule is CCOC(=O)Cc1ccc(C#N)c(Cl)c1SC(F)(F)F. The van der Waals surface area contributed by atoms with Crippen molar-refractivity contribution in [2.45, 2.75) is 23.7 Å². The van der Waals surface area contributed by atoms with Crippen molar-refractivity contribution >= 4 is 29.3 Å². The quantitative estimate of drug-likeness (QED) is 0.622. The maximum atomic E-state index is 12.5. The van der Waals surface area contributed by atoms with E-state index in [1.165, 1.54) is 12.1 Å². The van der Waals surface area contributed by atoms with E-state index in [9.17, 15) is 18.0 Å². The van der Waals surface area contributed by atoms with Crippen LogP contribution in [-0.2, 0) is 16.0 Å². The highest BCUT2D eigenvalue weighted by Crippen LogP contribution is 2.43. The normalized spacial score (nSPS) is 11.0. The molecule has 1 rings (SSSR count). The van der Waals surface area contributed by atoms with Crippen LogP contribution < -0.4 is 0 Å². The Morgan fingerprint density at radius 1 is 1.50 bits per heavy atom. The molecule has 0 fully saturated rings. The van der Waals surface area contributed by atoms with E-state index >= 15 is 0 Å². The Morgan fingerprint density at radius 3 is 2.65 bits per heavy atom. The van der Waals surface area contributed by atoms with Gasteiger partial charge in [-0.15, -0.1) is 0 Å². The summed E-state index contributed by atoms with van der Waals surface area (Å²) in [6, 6.07) is 4.25. The second-order valence-electron chi connectivity index (χ2n) is 3.56. The highest BCUT2D eigenvalue weighted by molar-refractivity contribution is 8.00. The lowest BCUT2D eigenvalue weighted by Crippen LogP contribution is -2.10. The van der Waals surface area contributed by atoms with Crippen LogP contribution in [0.4, 0.5) is 13.2 Å². The summed E-state index contributed by atoms with van der Waals surface area (Å²) in [5, 5.41) is 8.47. The van der Waals surface area contributed by atoms with Crippen LogP contribution in [0.5, 0.6) is 0 Å². The van der Waals surface area contributed by atoms with E-state index in [-0.39, 0.29) is 34.1 Å². The molecule has 20 heavy (non-hydrogen) atoms. The fourth-order valence-corrected chi connectivity index (χ4v) is 2.46. The molecule has 0 spiro atoms. The lowest BCUT2D eigenvalue weighted by atomic mass is 10.1. The number of carbonyl (C=O) groups excluding carboxylic acids is 1. The number of hydrogen-bond acceptors (Lipinski definition) is 4. The molecule has 0 aliphatic rings. The van der Waals surface area contributed by atoms with Crippen molar-refractivity contribution in [2.24, 2.45) is 0 Å². The minimum Gasteiger partial charge on any atom is -0.466 e. The van der Waals surface area contributed by atoms with E-state index in [2.05, 4.69) is 4.74 Å². The van der Waals surface area contributed by atoms with Gasteiger partial charge in [-0.3, -0.25) is 4.79 Å². The number of nitriles is 1. The minimum atomic E-state index is -4.57. The Morgan fingerprint density at radius 2 is 2.15 bits per heavy atom. The summed E-state index contributed by atoms with van der Waals surface area (Å²) in [7, 11) is 0. The summed E-state index contributed by atoms with van der Waals surface area (Å²) in [4.78, 5) is 11.0. The number of hydrogen-bond donors (Lipinski definition) is 0. The second kappa shape index (κ2) is 6.86. The molecule has 0 N–H and O–H groups in total. The van der Waals surface area contributed by atoms with Crippen molar-refractivity contribution < 1.29 is 22.7 Å². The Labute approximate surface area is 122 Å². The summed E-state index contributed by atoms with van der Waals surface area (Å²) in [5.74, 6) is -0.655. The zero-order valence-corrected chi connectivity index (χ0v) is 11.8. The van der Waals surface area contributed by atoms with E-state index in [0.717, 1.165) is 0 Å². The molecular weight excluding hydrogens is 315 g/mol. The largest absolute Gasteiger partial charge is 0.466 e. The number of nitrogens with zero attached hydrogens (tertiary/aromatic N) is 1. The Hall–Kier alpha value is -1.39.